The topological polar surface area (TPSA) is 92.8 Å². The first-order valence-corrected chi connectivity index (χ1v) is 8.13. The third-order valence-electron chi connectivity index (χ3n) is 4.11. The summed E-state index contributed by atoms with van der Waals surface area (Å²) in [7, 11) is 0. The number of para-hydroxylation sites is 1. The van der Waals surface area contributed by atoms with E-state index in [1.807, 2.05) is 36.4 Å². The van der Waals surface area contributed by atoms with Gasteiger partial charge in [-0.2, -0.15) is 5.10 Å². The van der Waals surface area contributed by atoms with Gasteiger partial charge in [-0.1, -0.05) is 18.2 Å². The van der Waals surface area contributed by atoms with Crippen molar-refractivity contribution in [3.63, 3.8) is 0 Å². The van der Waals surface area contributed by atoms with E-state index in [2.05, 4.69) is 25.5 Å². The summed E-state index contributed by atoms with van der Waals surface area (Å²) in [4.78, 5) is 20.7. The Morgan fingerprint density at radius 3 is 2.96 bits per heavy atom. The van der Waals surface area contributed by atoms with Gasteiger partial charge in [0.05, 0.1) is 6.54 Å². The third kappa shape index (κ3) is 3.35. The van der Waals surface area contributed by atoms with Crippen molar-refractivity contribution < 1.29 is 9.53 Å². The number of ether oxygens (including phenoxy) is 1. The van der Waals surface area contributed by atoms with E-state index in [1.54, 1.807) is 12.4 Å². The molecule has 0 radical (unpaired) electrons. The van der Waals surface area contributed by atoms with Crippen LogP contribution in [0.5, 0.6) is 5.75 Å². The number of carbonyl (C=O) groups is 1. The Morgan fingerprint density at radius 1 is 1.24 bits per heavy atom. The average Bonchev–Trinajstić information content (AvgIpc) is 3.15. The number of rotatable bonds is 4. The van der Waals surface area contributed by atoms with Crippen LogP contribution in [0.3, 0.4) is 0 Å². The molecule has 3 heterocycles. The van der Waals surface area contributed by atoms with Gasteiger partial charge in [0.15, 0.2) is 11.9 Å². The number of aryl methyl sites for hydroxylation is 1. The van der Waals surface area contributed by atoms with Crippen LogP contribution < -0.4 is 10.1 Å². The summed E-state index contributed by atoms with van der Waals surface area (Å²) in [6.07, 6.45) is 4.40. The van der Waals surface area contributed by atoms with Crippen molar-refractivity contribution in [2.75, 3.05) is 0 Å². The smallest absolute Gasteiger partial charge is 0.261 e. The van der Waals surface area contributed by atoms with Gasteiger partial charge in [-0.25, -0.2) is 4.98 Å². The minimum atomic E-state index is -0.475. The largest absolute Gasteiger partial charge is 0.480 e. The fourth-order valence-corrected chi connectivity index (χ4v) is 2.80. The van der Waals surface area contributed by atoms with Gasteiger partial charge in [-0.15, -0.1) is 0 Å². The molecule has 0 unspecified atom stereocenters. The van der Waals surface area contributed by atoms with Crippen molar-refractivity contribution in [2.45, 2.75) is 25.5 Å². The molecule has 1 aliphatic rings. The Bertz CT molecular complexity index is 878. The van der Waals surface area contributed by atoms with Gasteiger partial charge in [-0.3, -0.25) is 14.9 Å². The molecule has 0 bridgehead atoms. The number of hydrogen-bond acceptors (Lipinski definition) is 5. The van der Waals surface area contributed by atoms with Crippen LogP contribution in [0.1, 0.15) is 17.8 Å². The van der Waals surface area contributed by atoms with Crippen LogP contribution in [-0.4, -0.2) is 32.2 Å². The van der Waals surface area contributed by atoms with Crippen molar-refractivity contribution >= 4 is 5.91 Å². The van der Waals surface area contributed by atoms with Crippen molar-refractivity contribution in [3.05, 3.63) is 60.2 Å². The number of nitrogens with one attached hydrogen (secondary N) is 2. The summed E-state index contributed by atoms with van der Waals surface area (Å²) >= 11 is 0. The number of H-pyrrole nitrogens is 1. The lowest BCUT2D eigenvalue weighted by Gasteiger charge is -2.25. The zero-order valence-electron chi connectivity index (χ0n) is 13.5. The molecule has 0 spiro atoms. The van der Waals surface area contributed by atoms with Crippen LogP contribution in [-0.2, 0) is 17.8 Å². The maximum atomic E-state index is 12.4. The molecule has 3 aromatic rings. The fraction of sp³-hybridized carbons (Fsp3) is 0.222. The number of fused-ring (bicyclic) bond motifs is 1. The van der Waals surface area contributed by atoms with Crippen LogP contribution >= 0.6 is 0 Å². The van der Waals surface area contributed by atoms with E-state index in [-0.39, 0.29) is 12.5 Å². The lowest BCUT2D eigenvalue weighted by atomic mass is 10.0. The molecule has 1 amide bonds. The van der Waals surface area contributed by atoms with Gasteiger partial charge in [0.2, 0.25) is 0 Å². The zero-order chi connectivity index (χ0) is 17.1. The quantitative estimate of drug-likeness (QED) is 0.759. The molecular weight excluding hydrogens is 318 g/mol. The van der Waals surface area contributed by atoms with Crippen LogP contribution in [0.25, 0.3) is 11.4 Å². The predicted octanol–water partition coefficient (Wildman–Crippen LogP) is 1.88. The van der Waals surface area contributed by atoms with Crippen molar-refractivity contribution in [1.82, 2.24) is 25.5 Å². The highest BCUT2D eigenvalue weighted by molar-refractivity contribution is 5.81. The van der Waals surface area contributed by atoms with Crippen LogP contribution in [0, 0.1) is 0 Å². The highest BCUT2D eigenvalue weighted by atomic mass is 16.5. The standard InChI is InChI=1S/C18H17N5O2/c24-18(15-6-5-12-3-1-2-4-14(12)25-15)20-11-16-21-17(23-22-16)13-7-9-19-10-8-13/h1-4,7-10,15H,5-6,11H2,(H,20,24)(H,21,22,23)/t15-/m1/s1. The summed E-state index contributed by atoms with van der Waals surface area (Å²) in [5.41, 5.74) is 2.01. The minimum Gasteiger partial charge on any atom is -0.480 e. The molecule has 25 heavy (non-hydrogen) atoms. The Kier molecular flexibility index (Phi) is 4.12. The molecule has 7 heteroatoms. The third-order valence-corrected chi connectivity index (χ3v) is 4.11. The Balaban J connectivity index is 1.36. The fourth-order valence-electron chi connectivity index (χ4n) is 2.80. The lowest BCUT2D eigenvalue weighted by Crippen LogP contribution is -2.40. The summed E-state index contributed by atoms with van der Waals surface area (Å²) in [5, 5.41) is 9.86. The number of aromatic amines is 1. The number of aromatic nitrogens is 4. The summed E-state index contributed by atoms with van der Waals surface area (Å²) in [6, 6.07) is 11.5. The molecule has 2 aromatic heterocycles. The number of amides is 1. The molecule has 0 fully saturated rings. The highest BCUT2D eigenvalue weighted by Gasteiger charge is 2.25. The van der Waals surface area contributed by atoms with Crippen LogP contribution in [0.2, 0.25) is 0 Å². The maximum absolute atomic E-state index is 12.4. The first kappa shape index (κ1) is 15.3. The molecule has 2 N–H and O–H groups in total. The molecule has 1 aromatic carbocycles. The highest BCUT2D eigenvalue weighted by Crippen LogP contribution is 2.27. The summed E-state index contributed by atoms with van der Waals surface area (Å²) in [5.74, 6) is 1.82. The minimum absolute atomic E-state index is 0.142. The molecule has 1 aliphatic heterocycles. The first-order valence-electron chi connectivity index (χ1n) is 8.13. The molecule has 7 nitrogen and oxygen atoms in total. The van der Waals surface area contributed by atoms with Gasteiger partial charge in [0.1, 0.15) is 11.6 Å². The Morgan fingerprint density at radius 2 is 2.08 bits per heavy atom. The predicted molar refractivity (Wildman–Crippen MR) is 90.6 cm³/mol. The Labute approximate surface area is 144 Å². The summed E-state index contributed by atoms with van der Waals surface area (Å²) in [6.45, 7) is 0.276. The van der Waals surface area contributed by atoms with Crippen molar-refractivity contribution in [1.29, 1.82) is 0 Å². The molecule has 0 saturated carbocycles. The van der Waals surface area contributed by atoms with E-state index in [9.17, 15) is 4.79 Å². The normalized spacial score (nSPS) is 15.9. The van der Waals surface area contributed by atoms with E-state index in [4.69, 9.17) is 4.74 Å². The summed E-state index contributed by atoms with van der Waals surface area (Å²) < 4.78 is 5.79. The van der Waals surface area contributed by atoms with E-state index in [0.717, 1.165) is 23.3 Å². The van der Waals surface area contributed by atoms with E-state index in [0.29, 0.717) is 18.1 Å². The van der Waals surface area contributed by atoms with E-state index < -0.39 is 6.10 Å². The average molecular weight is 335 g/mol. The number of nitrogens with zero attached hydrogens (tertiary/aromatic N) is 3. The molecular formula is C18H17N5O2. The lowest BCUT2D eigenvalue weighted by molar-refractivity contribution is -0.128. The number of benzene rings is 1. The van der Waals surface area contributed by atoms with Crippen LogP contribution in [0.15, 0.2) is 48.8 Å². The second kappa shape index (κ2) is 6.72. The van der Waals surface area contributed by atoms with Gasteiger partial charge >= 0.3 is 0 Å². The van der Waals surface area contributed by atoms with Crippen molar-refractivity contribution in [3.8, 4) is 17.1 Å². The van der Waals surface area contributed by atoms with Gasteiger partial charge in [-0.05, 0) is 36.6 Å². The number of pyridine rings is 1. The number of carbonyl (C=O) groups excluding carboxylic acids is 1. The second-order valence-electron chi connectivity index (χ2n) is 5.81. The molecule has 0 saturated heterocycles. The SMILES string of the molecule is O=C(NCc1nc(-c2ccncc2)n[nH]1)[C@H]1CCc2ccccc2O1. The Hall–Kier alpha value is -3.22. The molecule has 0 aliphatic carbocycles. The van der Waals surface area contributed by atoms with Crippen LogP contribution in [0.4, 0.5) is 0 Å². The van der Waals surface area contributed by atoms with E-state index in [1.165, 1.54) is 0 Å². The molecule has 126 valence electrons. The van der Waals surface area contributed by atoms with Gasteiger partial charge in [0.25, 0.3) is 5.91 Å². The monoisotopic (exact) mass is 335 g/mol. The number of hydrogen-bond donors (Lipinski definition) is 2. The zero-order valence-corrected chi connectivity index (χ0v) is 13.5. The van der Waals surface area contributed by atoms with Gasteiger partial charge in [0, 0.05) is 18.0 Å². The first-order chi connectivity index (χ1) is 12.3. The maximum Gasteiger partial charge on any atom is 0.261 e. The second-order valence-corrected chi connectivity index (χ2v) is 5.81. The molecule has 4 rings (SSSR count). The van der Waals surface area contributed by atoms with Gasteiger partial charge < -0.3 is 10.1 Å². The molecule has 1 atom stereocenters. The van der Waals surface area contributed by atoms with E-state index >= 15 is 0 Å². The van der Waals surface area contributed by atoms with Crippen molar-refractivity contribution in [2.24, 2.45) is 0 Å².